The Balaban J connectivity index is 2.61. The number of rotatable bonds is 8. The molecule has 19 heavy (non-hydrogen) atoms. The van der Waals surface area contributed by atoms with Crippen LogP contribution in [0.15, 0.2) is 12.3 Å². The lowest BCUT2D eigenvalue weighted by Gasteiger charge is -2.15. The Morgan fingerprint density at radius 1 is 1.53 bits per heavy atom. The minimum Gasteiger partial charge on any atom is -0.478 e. The molecule has 0 saturated heterocycles. The van der Waals surface area contributed by atoms with E-state index in [-0.39, 0.29) is 11.3 Å². The van der Waals surface area contributed by atoms with E-state index >= 15 is 0 Å². The van der Waals surface area contributed by atoms with E-state index in [1.807, 2.05) is 0 Å². The molecule has 106 valence electrons. The van der Waals surface area contributed by atoms with Crippen molar-refractivity contribution in [2.75, 3.05) is 12.3 Å². The monoisotopic (exact) mass is 266 g/mol. The zero-order valence-electron chi connectivity index (χ0n) is 11.6. The topological polar surface area (TPSA) is 85.4 Å². The number of carboxylic acid groups (broad SMARTS) is 1. The van der Waals surface area contributed by atoms with Crippen molar-refractivity contribution in [3.05, 3.63) is 17.8 Å². The van der Waals surface area contributed by atoms with Crippen molar-refractivity contribution in [3.8, 4) is 5.88 Å². The first-order chi connectivity index (χ1) is 9.08. The van der Waals surface area contributed by atoms with Crippen LogP contribution in [0.1, 0.15) is 49.9 Å². The third kappa shape index (κ3) is 4.77. The number of anilines is 1. The number of nitrogens with two attached hydrogens (primary N) is 1. The van der Waals surface area contributed by atoms with E-state index in [1.54, 1.807) is 0 Å². The van der Waals surface area contributed by atoms with Gasteiger partial charge in [0.05, 0.1) is 24.1 Å². The maximum atomic E-state index is 10.9. The SMILES string of the molecule is CCCCC(CC)COc1cc(C(=O)O)c(N)cn1. The van der Waals surface area contributed by atoms with Crippen molar-refractivity contribution in [3.63, 3.8) is 0 Å². The lowest BCUT2D eigenvalue weighted by Crippen LogP contribution is -2.13. The molecule has 1 rings (SSSR count). The van der Waals surface area contributed by atoms with Crippen LogP contribution >= 0.6 is 0 Å². The highest BCUT2D eigenvalue weighted by Crippen LogP contribution is 2.19. The summed E-state index contributed by atoms with van der Waals surface area (Å²) < 4.78 is 5.57. The standard InChI is InChI=1S/C14H22N2O3/c1-3-5-6-10(4-2)9-19-13-7-11(14(17)18)12(15)8-16-13/h7-8,10H,3-6,9,15H2,1-2H3,(H,17,18). The van der Waals surface area contributed by atoms with Gasteiger partial charge in [0, 0.05) is 6.07 Å². The fourth-order valence-corrected chi connectivity index (χ4v) is 1.81. The van der Waals surface area contributed by atoms with Gasteiger partial charge < -0.3 is 15.6 Å². The quantitative estimate of drug-likeness (QED) is 0.755. The van der Waals surface area contributed by atoms with Crippen LogP contribution in [0.3, 0.4) is 0 Å². The van der Waals surface area contributed by atoms with Crippen molar-refractivity contribution in [1.29, 1.82) is 0 Å². The first-order valence-corrected chi connectivity index (χ1v) is 6.70. The first-order valence-electron chi connectivity index (χ1n) is 6.70. The molecule has 0 aliphatic carbocycles. The van der Waals surface area contributed by atoms with E-state index in [4.69, 9.17) is 15.6 Å². The van der Waals surface area contributed by atoms with E-state index < -0.39 is 5.97 Å². The maximum Gasteiger partial charge on any atom is 0.338 e. The van der Waals surface area contributed by atoms with E-state index in [0.717, 1.165) is 12.8 Å². The fourth-order valence-electron chi connectivity index (χ4n) is 1.81. The molecular formula is C14H22N2O3. The number of hydrogen-bond acceptors (Lipinski definition) is 4. The molecule has 1 unspecified atom stereocenters. The summed E-state index contributed by atoms with van der Waals surface area (Å²) in [5, 5.41) is 8.97. The number of aromatic nitrogens is 1. The van der Waals surface area contributed by atoms with Gasteiger partial charge in [-0.1, -0.05) is 33.1 Å². The molecule has 5 heteroatoms. The molecule has 0 fully saturated rings. The number of unbranched alkanes of at least 4 members (excludes halogenated alkanes) is 1. The van der Waals surface area contributed by atoms with Gasteiger partial charge in [0.25, 0.3) is 0 Å². The third-order valence-electron chi connectivity index (χ3n) is 3.15. The summed E-state index contributed by atoms with van der Waals surface area (Å²) in [5.74, 6) is -0.267. The molecule has 0 spiro atoms. The van der Waals surface area contributed by atoms with Crippen molar-refractivity contribution < 1.29 is 14.6 Å². The molecule has 1 aromatic heterocycles. The Bertz CT molecular complexity index is 421. The predicted molar refractivity (Wildman–Crippen MR) is 74.4 cm³/mol. The number of nitrogens with zero attached hydrogens (tertiary/aromatic N) is 1. The summed E-state index contributed by atoms with van der Waals surface area (Å²) in [7, 11) is 0. The molecular weight excluding hydrogens is 244 g/mol. The molecule has 0 radical (unpaired) electrons. The molecule has 0 bridgehead atoms. The third-order valence-corrected chi connectivity index (χ3v) is 3.15. The molecule has 0 aliphatic heterocycles. The number of carbonyl (C=O) groups is 1. The number of carboxylic acids is 1. The molecule has 0 aliphatic rings. The average molecular weight is 266 g/mol. The van der Waals surface area contributed by atoms with Crippen LogP contribution in [0, 0.1) is 5.92 Å². The molecule has 1 heterocycles. The van der Waals surface area contributed by atoms with Crippen LogP contribution in [-0.4, -0.2) is 22.7 Å². The normalized spacial score (nSPS) is 12.1. The van der Waals surface area contributed by atoms with Gasteiger partial charge in [-0.25, -0.2) is 9.78 Å². The maximum absolute atomic E-state index is 10.9. The van der Waals surface area contributed by atoms with Gasteiger partial charge in [-0.15, -0.1) is 0 Å². The number of pyridine rings is 1. The summed E-state index contributed by atoms with van der Waals surface area (Å²) in [6.45, 7) is 4.85. The van der Waals surface area contributed by atoms with Crippen LogP contribution in [-0.2, 0) is 0 Å². The van der Waals surface area contributed by atoms with Gasteiger partial charge in [-0.05, 0) is 12.3 Å². The molecule has 0 amide bonds. The van der Waals surface area contributed by atoms with Gasteiger partial charge in [0.15, 0.2) is 0 Å². The van der Waals surface area contributed by atoms with Crippen molar-refractivity contribution in [2.45, 2.75) is 39.5 Å². The lowest BCUT2D eigenvalue weighted by atomic mass is 10.0. The minimum atomic E-state index is -1.07. The zero-order valence-corrected chi connectivity index (χ0v) is 11.6. The lowest BCUT2D eigenvalue weighted by molar-refractivity contribution is 0.0697. The zero-order chi connectivity index (χ0) is 14.3. The number of hydrogen-bond donors (Lipinski definition) is 2. The van der Waals surface area contributed by atoms with Crippen LogP contribution in [0.25, 0.3) is 0 Å². The second-order valence-corrected chi connectivity index (χ2v) is 4.64. The Hall–Kier alpha value is -1.78. The number of ether oxygens (including phenoxy) is 1. The van der Waals surface area contributed by atoms with Gasteiger partial charge >= 0.3 is 5.97 Å². The molecule has 1 atom stereocenters. The highest BCUT2D eigenvalue weighted by atomic mass is 16.5. The molecule has 0 aromatic carbocycles. The second-order valence-electron chi connectivity index (χ2n) is 4.64. The minimum absolute atomic E-state index is 0.0339. The smallest absolute Gasteiger partial charge is 0.338 e. The summed E-state index contributed by atoms with van der Waals surface area (Å²) in [4.78, 5) is 14.9. The van der Waals surface area contributed by atoms with Crippen molar-refractivity contribution in [1.82, 2.24) is 4.98 Å². The van der Waals surface area contributed by atoms with E-state index in [9.17, 15) is 4.79 Å². The number of aromatic carboxylic acids is 1. The van der Waals surface area contributed by atoms with Gasteiger partial charge in [0.2, 0.25) is 5.88 Å². The largest absolute Gasteiger partial charge is 0.478 e. The van der Waals surface area contributed by atoms with Crippen molar-refractivity contribution in [2.24, 2.45) is 5.92 Å². The average Bonchev–Trinajstić information content (AvgIpc) is 2.40. The van der Waals surface area contributed by atoms with Gasteiger partial charge in [-0.3, -0.25) is 0 Å². The van der Waals surface area contributed by atoms with Gasteiger partial charge in [0.1, 0.15) is 0 Å². The Labute approximate surface area is 113 Å². The molecule has 1 aromatic rings. The van der Waals surface area contributed by atoms with Crippen LogP contribution < -0.4 is 10.5 Å². The Kier molecular flexibility index (Phi) is 6.12. The van der Waals surface area contributed by atoms with Crippen molar-refractivity contribution >= 4 is 11.7 Å². The fraction of sp³-hybridized carbons (Fsp3) is 0.571. The summed E-state index contributed by atoms with van der Waals surface area (Å²) in [6.07, 6.45) is 5.83. The van der Waals surface area contributed by atoms with Crippen LogP contribution in [0.5, 0.6) is 5.88 Å². The molecule has 5 nitrogen and oxygen atoms in total. The van der Waals surface area contributed by atoms with Crippen LogP contribution in [0.2, 0.25) is 0 Å². The highest BCUT2D eigenvalue weighted by Gasteiger charge is 2.12. The second kappa shape index (κ2) is 7.61. The van der Waals surface area contributed by atoms with Gasteiger partial charge in [-0.2, -0.15) is 0 Å². The van der Waals surface area contributed by atoms with E-state index in [2.05, 4.69) is 18.8 Å². The summed E-state index contributed by atoms with van der Waals surface area (Å²) in [6, 6.07) is 1.38. The van der Waals surface area contributed by atoms with E-state index in [1.165, 1.54) is 25.1 Å². The highest BCUT2D eigenvalue weighted by molar-refractivity contribution is 5.93. The molecule has 3 N–H and O–H groups in total. The number of nitrogen functional groups attached to an aromatic ring is 1. The molecule has 0 saturated carbocycles. The van der Waals surface area contributed by atoms with Crippen LogP contribution in [0.4, 0.5) is 5.69 Å². The predicted octanol–water partition coefficient (Wildman–Crippen LogP) is 2.96. The Morgan fingerprint density at radius 3 is 2.84 bits per heavy atom. The van der Waals surface area contributed by atoms with E-state index in [0.29, 0.717) is 18.4 Å². The summed E-state index contributed by atoms with van der Waals surface area (Å²) in [5.41, 5.74) is 5.72. The first kappa shape index (κ1) is 15.3. The summed E-state index contributed by atoms with van der Waals surface area (Å²) >= 11 is 0. The Morgan fingerprint density at radius 2 is 2.26 bits per heavy atom.